The largest absolute Gasteiger partial charge is 0.352 e. The van der Waals surface area contributed by atoms with Crippen molar-refractivity contribution < 1.29 is 14.4 Å². The second kappa shape index (κ2) is 8.24. The predicted molar refractivity (Wildman–Crippen MR) is 94.9 cm³/mol. The Kier molecular flexibility index (Phi) is 5.58. The Morgan fingerprint density at radius 2 is 1.88 bits per heavy atom. The number of nitrogens with zero attached hydrogens (tertiary/aromatic N) is 2. The van der Waals surface area contributed by atoms with Crippen LogP contribution in [0.3, 0.4) is 0 Å². The normalized spacial score (nSPS) is 16.5. The Morgan fingerprint density at radius 1 is 1.12 bits per heavy atom. The van der Waals surface area contributed by atoms with Crippen molar-refractivity contribution in [2.24, 2.45) is 0 Å². The average molecular weight is 352 g/mol. The number of imide groups is 1. The average Bonchev–Trinajstić information content (AvgIpc) is 2.93. The van der Waals surface area contributed by atoms with Crippen molar-refractivity contribution in [3.05, 3.63) is 66.0 Å². The molecular formula is C19H20N4O3. The Morgan fingerprint density at radius 3 is 2.62 bits per heavy atom. The topological polar surface area (TPSA) is 91.4 Å². The van der Waals surface area contributed by atoms with Gasteiger partial charge in [0.25, 0.3) is 5.91 Å². The Bertz CT molecular complexity index is 780. The lowest BCUT2D eigenvalue weighted by atomic mass is 10.1. The highest BCUT2D eigenvalue weighted by atomic mass is 16.2. The molecule has 26 heavy (non-hydrogen) atoms. The SMILES string of the molecule is O=C(C[C@H]1NC(=O)N(CCc2ccccc2)C1=O)NCc1cccnc1. The van der Waals surface area contributed by atoms with E-state index in [1.807, 2.05) is 36.4 Å². The fourth-order valence-corrected chi connectivity index (χ4v) is 2.77. The molecular weight excluding hydrogens is 332 g/mol. The molecule has 1 aliphatic heterocycles. The standard InChI is InChI=1S/C19H20N4O3/c24-17(21-13-15-7-4-9-20-12-15)11-16-18(25)23(19(26)22-16)10-8-14-5-2-1-3-6-14/h1-7,9,12,16H,8,10-11,13H2,(H,21,24)(H,22,26)/t16-/m1/s1. The molecule has 0 saturated carbocycles. The monoisotopic (exact) mass is 352 g/mol. The number of carbonyl (C=O) groups excluding carboxylic acids is 3. The summed E-state index contributed by atoms with van der Waals surface area (Å²) in [6.07, 6.45) is 3.82. The van der Waals surface area contributed by atoms with Gasteiger partial charge < -0.3 is 10.6 Å². The molecule has 0 radical (unpaired) electrons. The molecule has 0 bridgehead atoms. The number of hydrogen-bond acceptors (Lipinski definition) is 4. The molecule has 134 valence electrons. The number of rotatable bonds is 7. The van der Waals surface area contributed by atoms with E-state index in [0.29, 0.717) is 19.5 Å². The summed E-state index contributed by atoms with van der Waals surface area (Å²) >= 11 is 0. The van der Waals surface area contributed by atoms with Crippen LogP contribution in [0, 0.1) is 0 Å². The first kappa shape index (κ1) is 17.6. The molecule has 1 aliphatic rings. The smallest absolute Gasteiger partial charge is 0.324 e. The molecule has 2 N–H and O–H groups in total. The number of hydrogen-bond donors (Lipinski definition) is 2. The van der Waals surface area contributed by atoms with Crippen LogP contribution in [0.4, 0.5) is 4.79 Å². The Hall–Kier alpha value is -3.22. The van der Waals surface area contributed by atoms with Gasteiger partial charge in [-0.25, -0.2) is 4.79 Å². The van der Waals surface area contributed by atoms with Gasteiger partial charge in [0.2, 0.25) is 5.91 Å². The van der Waals surface area contributed by atoms with Gasteiger partial charge in [-0.1, -0.05) is 36.4 Å². The minimum absolute atomic E-state index is 0.0767. The summed E-state index contributed by atoms with van der Waals surface area (Å²) in [7, 11) is 0. The minimum atomic E-state index is -0.813. The quantitative estimate of drug-likeness (QED) is 0.734. The summed E-state index contributed by atoms with van der Waals surface area (Å²) in [4.78, 5) is 41.6. The van der Waals surface area contributed by atoms with Crippen molar-refractivity contribution >= 4 is 17.8 Å². The van der Waals surface area contributed by atoms with E-state index in [0.717, 1.165) is 11.1 Å². The lowest BCUT2D eigenvalue weighted by Gasteiger charge is -2.13. The van der Waals surface area contributed by atoms with Crippen LogP contribution >= 0.6 is 0 Å². The van der Waals surface area contributed by atoms with Crippen LogP contribution < -0.4 is 10.6 Å². The number of pyridine rings is 1. The molecule has 2 aromatic rings. The lowest BCUT2D eigenvalue weighted by Crippen LogP contribution is -2.36. The summed E-state index contributed by atoms with van der Waals surface area (Å²) in [6.45, 7) is 0.627. The van der Waals surface area contributed by atoms with E-state index in [9.17, 15) is 14.4 Å². The Labute approximate surface area is 151 Å². The number of aromatic nitrogens is 1. The van der Waals surface area contributed by atoms with Gasteiger partial charge >= 0.3 is 6.03 Å². The maximum atomic E-state index is 12.4. The number of carbonyl (C=O) groups is 3. The van der Waals surface area contributed by atoms with Gasteiger partial charge in [-0.05, 0) is 23.6 Å². The van der Waals surface area contributed by atoms with E-state index >= 15 is 0 Å². The molecule has 1 aromatic heterocycles. The maximum Gasteiger partial charge on any atom is 0.324 e. The van der Waals surface area contributed by atoms with Gasteiger partial charge in [0.05, 0.1) is 6.42 Å². The van der Waals surface area contributed by atoms with Gasteiger partial charge in [0.1, 0.15) is 6.04 Å². The van der Waals surface area contributed by atoms with Crippen molar-refractivity contribution in [1.29, 1.82) is 0 Å². The zero-order valence-electron chi connectivity index (χ0n) is 14.2. The molecule has 3 rings (SSSR count). The minimum Gasteiger partial charge on any atom is -0.352 e. The Balaban J connectivity index is 1.49. The lowest BCUT2D eigenvalue weighted by molar-refractivity contribution is -0.130. The summed E-state index contributed by atoms with van der Waals surface area (Å²) in [5.74, 6) is -0.653. The molecule has 1 saturated heterocycles. The third-order valence-corrected chi connectivity index (χ3v) is 4.18. The van der Waals surface area contributed by atoms with Crippen LogP contribution in [0.2, 0.25) is 0 Å². The highest BCUT2D eigenvalue weighted by molar-refractivity contribution is 6.05. The van der Waals surface area contributed by atoms with Crippen molar-refractivity contribution in [2.75, 3.05) is 6.54 Å². The second-order valence-electron chi connectivity index (χ2n) is 6.07. The fourth-order valence-electron chi connectivity index (χ4n) is 2.77. The molecule has 0 aliphatic carbocycles. The number of urea groups is 1. The highest BCUT2D eigenvalue weighted by Crippen LogP contribution is 2.11. The second-order valence-corrected chi connectivity index (χ2v) is 6.07. The molecule has 0 spiro atoms. The van der Waals surface area contributed by atoms with E-state index in [1.54, 1.807) is 18.5 Å². The molecule has 0 unspecified atom stereocenters. The molecule has 1 aromatic carbocycles. The van der Waals surface area contributed by atoms with Gasteiger partial charge in [-0.15, -0.1) is 0 Å². The van der Waals surface area contributed by atoms with Crippen LogP contribution in [0.5, 0.6) is 0 Å². The first-order valence-electron chi connectivity index (χ1n) is 8.45. The van der Waals surface area contributed by atoms with Crippen LogP contribution in [0.1, 0.15) is 17.5 Å². The first-order chi connectivity index (χ1) is 12.6. The van der Waals surface area contributed by atoms with Crippen molar-refractivity contribution in [3.8, 4) is 0 Å². The number of amides is 4. The van der Waals surface area contributed by atoms with Gasteiger partial charge in [0, 0.05) is 25.5 Å². The summed E-state index contributed by atoms with van der Waals surface area (Å²) in [6, 6.07) is 12.0. The van der Waals surface area contributed by atoms with Crippen LogP contribution in [-0.4, -0.2) is 40.3 Å². The summed E-state index contributed by atoms with van der Waals surface area (Å²) in [5.41, 5.74) is 1.91. The van der Waals surface area contributed by atoms with Crippen LogP contribution in [0.25, 0.3) is 0 Å². The predicted octanol–water partition coefficient (Wildman–Crippen LogP) is 1.25. The third kappa shape index (κ3) is 4.44. The molecule has 7 heteroatoms. The maximum absolute atomic E-state index is 12.4. The van der Waals surface area contributed by atoms with Crippen LogP contribution in [0.15, 0.2) is 54.9 Å². The first-order valence-corrected chi connectivity index (χ1v) is 8.45. The molecule has 4 amide bonds. The molecule has 1 fully saturated rings. The number of nitrogens with one attached hydrogen (secondary N) is 2. The van der Waals surface area contributed by atoms with E-state index < -0.39 is 12.1 Å². The van der Waals surface area contributed by atoms with E-state index in [4.69, 9.17) is 0 Å². The highest BCUT2D eigenvalue weighted by Gasteiger charge is 2.38. The number of benzene rings is 1. The van der Waals surface area contributed by atoms with E-state index in [2.05, 4.69) is 15.6 Å². The molecule has 2 heterocycles. The van der Waals surface area contributed by atoms with E-state index in [1.165, 1.54) is 4.90 Å². The fraction of sp³-hybridized carbons (Fsp3) is 0.263. The van der Waals surface area contributed by atoms with Gasteiger partial charge in [0.15, 0.2) is 0 Å². The van der Waals surface area contributed by atoms with E-state index in [-0.39, 0.29) is 18.2 Å². The van der Waals surface area contributed by atoms with Crippen molar-refractivity contribution in [1.82, 2.24) is 20.5 Å². The van der Waals surface area contributed by atoms with Crippen molar-refractivity contribution in [2.45, 2.75) is 25.4 Å². The van der Waals surface area contributed by atoms with Crippen LogP contribution in [-0.2, 0) is 22.6 Å². The van der Waals surface area contributed by atoms with Gasteiger partial charge in [-0.2, -0.15) is 0 Å². The van der Waals surface area contributed by atoms with Gasteiger partial charge in [-0.3, -0.25) is 19.5 Å². The zero-order valence-corrected chi connectivity index (χ0v) is 14.2. The van der Waals surface area contributed by atoms with Crippen molar-refractivity contribution in [3.63, 3.8) is 0 Å². The summed E-state index contributed by atoms with van der Waals surface area (Å²) in [5, 5.41) is 5.32. The molecule has 7 nitrogen and oxygen atoms in total. The third-order valence-electron chi connectivity index (χ3n) is 4.18. The summed E-state index contributed by atoms with van der Waals surface area (Å²) < 4.78 is 0. The zero-order chi connectivity index (χ0) is 18.4. The molecule has 1 atom stereocenters.